The average molecular weight is 715 g/mol. The average Bonchev–Trinajstić information content (AvgIpc) is 3.24. The standard InChI is InChI=1S/C52H26O4/c53-50-39-17-20-44-49(51(54)41-26-32(15-18-42(41)55-44)38-23-35-13-9-29-5-2-6-30-10-14-36(24-38)48(35)46(29)30)52(39)56-43-19-16-31(25-40(43)50)37-21-33-11-7-27-3-1-4-28-8-12-34(22-37)47(33)45(27)28/h1-26H. The second-order valence-corrected chi connectivity index (χ2v) is 15.1. The van der Waals surface area contributed by atoms with E-state index < -0.39 is 0 Å². The van der Waals surface area contributed by atoms with Gasteiger partial charge < -0.3 is 8.83 Å². The fourth-order valence-electron chi connectivity index (χ4n) is 9.45. The van der Waals surface area contributed by atoms with Crippen LogP contribution in [0.25, 0.3) is 131 Å². The summed E-state index contributed by atoms with van der Waals surface area (Å²) in [5.74, 6) is 0. The highest BCUT2D eigenvalue weighted by atomic mass is 16.3. The maximum atomic E-state index is 14.5. The van der Waals surface area contributed by atoms with Crippen LogP contribution in [0.15, 0.2) is 176 Å². The van der Waals surface area contributed by atoms with E-state index >= 15 is 0 Å². The van der Waals surface area contributed by atoms with Crippen molar-refractivity contribution < 1.29 is 8.83 Å². The summed E-state index contributed by atoms with van der Waals surface area (Å²) in [5, 5.41) is 16.0. The molecule has 0 saturated carbocycles. The van der Waals surface area contributed by atoms with Crippen LogP contribution in [-0.4, -0.2) is 0 Å². The van der Waals surface area contributed by atoms with Crippen LogP contribution in [0.1, 0.15) is 0 Å². The molecule has 0 saturated heterocycles. The summed E-state index contributed by atoms with van der Waals surface area (Å²) in [7, 11) is 0. The lowest BCUT2D eigenvalue weighted by Gasteiger charge is -2.13. The third-order valence-corrected chi connectivity index (χ3v) is 12.1. The van der Waals surface area contributed by atoms with Crippen LogP contribution in [0.2, 0.25) is 0 Å². The van der Waals surface area contributed by atoms with Crippen LogP contribution in [-0.2, 0) is 0 Å². The van der Waals surface area contributed by atoms with E-state index in [1.54, 1.807) is 12.1 Å². The molecule has 2 heterocycles. The van der Waals surface area contributed by atoms with Crippen molar-refractivity contribution >= 4 is 109 Å². The molecule has 13 rings (SSSR count). The molecular weight excluding hydrogens is 689 g/mol. The van der Waals surface area contributed by atoms with Crippen molar-refractivity contribution in [3.05, 3.63) is 178 Å². The van der Waals surface area contributed by atoms with Gasteiger partial charge in [-0.05, 0) is 148 Å². The van der Waals surface area contributed by atoms with Crippen molar-refractivity contribution in [2.45, 2.75) is 0 Å². The zero-order valence-electron chi connectivity index (χ0n) is 29.6. The molecule has 56 heavy (non-hydrogen) atoms. The largest absolute Gasteiger partial charge is 0.456 e. The van der Waals surface area contributed by atoms with Crippen molar-refractivity contribution in [1.82, 2.24) is 0 Å². The number of benzene rings is 11. The van der Waals surface area contributed by atoms with Crippen molar-refractivity contribution in [1.29, 1.82) is 0 Å². The highest BCUT2D eigenvalue weighted by molar-refractivity contribution is 6.25. The van der Waals surface area contributed by atoms with E-state index in [2.05, 4.69) is 109 Å². The summed E-state index contributed by atoms with van der Waals surface area (Å²) >= 11 is 0. The Balaban J connectivity index is 0.971. The molecule has 13 aromatic rings. The summed E-state index contributed by atoms with van der Waals surface area (Å²) in [4.78, 5) is 28.7. The van der Waals surface area contributed by atoms with Gasteiger partial charge in [-0.1, -0.05) is 97.1 Å². The maximum absolute atomic E-state index is 14.5. The minimum absolute atomic E-state index is 0.190. The van der Waals surface area contributed by atoms with Crippen molar-refractivity contribution in [2.75, 3.05) is 0 Å². The van der Waals surface area contributed by atoms with Gasteiger partial charge >= 0.3 is 0 Å². The highest BCUT2D eigenvalue weighted by Crippen LogP contribution is 2.40. The van der Waals surface area contributed by atoms with Gasteiger partial charge in [-0.2, -0.15) is 0 Å². The normalized spacial score (nSPS) is 12.4. The minimum Gasteiger partial charge on any atom is -0.456 e. The summed E-state index contributed by atoms with van der Waals surface area (Å²) in [6.07, 6.45) is 0. The number of rotatable bonds is 2. The highest BCUT2D eigenvalue weighted by Gasteiger charge is 2.19. The predicted molar refractivity (Wildman–Crippen MR) is 232 cm³/mol. The zero-order chi connectivity index (χ0) is 36.8. The molecule has 2 aromatic heterocycles. The van der Waals surface area contributed by atoms with Crippen LogP contribution in [0.5, 0.6) is 0 Å². The van der Waals surface area contributed by atoms with Crippen molar-refractivity contribution in [3.8, 4) is 22.3 Å². The van der Waals surface area contributed by atoms with Crippen molar-refractivity contribution in [3.63, 3.8) is 0 Å². The molecule has 0 radical (unpaired) electrons. The molecule has 0 aliphatic heterocycles. The van der Waals surface area contributed by atoms with E-state index in [-0.39, 0.29) is 21.8 Å². The molecule has 0 N–H and O–H groups in total. The van der Waals surface area contributed by atoms with Gasteiger partial charge in [-0.15, -0.1) is 0 Å². The van der Waals surface area contributed by atoms with Gasteiger partial charge in [0.15, 0.2) is 5.58 Å². The van der Waals surface area contributed by atoms with Crippen LogP contribution >= 0.6 is 0 Å². The minimum atomic E-state index is -0.237. The Morgan fingerprint density at radius 3 is 1.20 bits per heavy atom. The SMILES string of the molecule is O=c1c2cc(-c3cc4ccc5cccc6ccc(c3)c4c56)ccc2oc2c1ccc1oc3ccc(-c4cc5ccc6cccc7ccc(c4)c5c67)cc3c(=O)c12. The van der Waals surface area contributed by atoms with E-state index in [9.17, 15) is 9.59 Å². The molecule has 4 nitrogen and oxygen atoms in total. The third-order valence-electron chi connectivity index (χ3n) is 12.1. The Morgan fingerprint density at radius 1 is 0.286 bits per heavy atom. The molecule has 0 unspecified atom stereocenters. The van der Waals surface area contributed by atoms with Crippen LogP contribution in [0.3, 0.4) is 0 Å². The molecule has 11 aromatic carbocycles. The van der Waals surface area contributed by atoms with Crippen LogP contribution < -0.4 is 10.9 Å². The monoisotopic (exact) mass is 714 g/mol. The first-order valence-electron chi connectivity index (χ1n) is 18.8. The molecular formula is C52H26O4. The molecule has 258 valence electrons. The molecule has 0 spiro atoms. The predicted octanol–water partition coefficient (Wildman–Crippen LogP) is 13.3. The Labute approximate surface area is 316 Å². The Morgan fingerprint density at radius 2 is 0.696 bits per heavy atom. The first kappa shape index (κ1) is 29.8. The van der Waals surface area contributed by atoms with Gasteiger partial charge in [-0.25, -0.2) is 0 Å². The number of fused-ring (bicyclic) bond motifs is 5. The van der Waals surface area contributed by atoms with E-state index in [1.807, 2.05) is 36.4 Å². The third kappa shape index (κ3) is 3.97. The lowest BCUT2D eigenvalue weighted by atomic mass is 9.91. The summed E-state index contributed by atoms with van der Waals surface area (Å²) in [6, 6.07) is 53.8. The fourth-order valence-corrected chi connectivity index (χ4v) is 9.45. The van der Waals surface area contributed by atoms with E-state index in [0.29, 0.717) is 32.9 Å². The van der Waals surface area contributed by atoms with Gasteiger partial charge in [0.1, 0.15) is 22.1 Å². The van der Waals surface area contributed by atoms with Crippen LogP contribution in [0.4, 0.5) is 0 Å². The van der Waals surface area contributed by atoms with Gasteiger partial charge in [0.2, 0.25) is 10.9 Å². The molecule has 0 bridgehead atoms. The van der Waals surface area contributed by atoms with Crippen molar-refractivity contribution in [2.24, 2.45) is 0 Å². The first-order valence-corrected chi connectivity index (χ1v) is 18.8. The zero-order valence-corrected chi connectivity index (χ0v) is 29.6. The lowest BCUT2D eigenvalue weighted by Crippen LogP contribution is -2.07. The number of hydrogen-bond donors (Lipinski definition) is 0. The van der Waals surface area contributed by atoms with E-state index in [0.717, 1.165) is 43.8 Å². The second kappa shape index (κ2) is 10.6. The Hall–Kier alpha value is -7.56. The number of hydrogen-bond acceptors (Lipinski definition) is 4. The summed E-state index contributed by atoms with van der Waals surface area (Å²) in [5.41, 5.74) is 4.92. The molecule has 0 aliphatic rings. The smallest absolute Gasteiger partial charge is 0.204 e. The summed E-state index contributed by atoms with van der Waals surface area (Å²) < 4.78 is 12.8. The molecule has 0 atom stereocenters. The Bertz CT molecular complexity index is 3850. The quantitative estimate of drug-likeness (QED) is 0.132. The lowest BCUT2D eigenvalue weighted by molar-refractivity contribution is 0.649. The van der Waals surface area contributed by atoms with E-state index in [4.69, 9.17) is 8.83 Å². The van der Waals surface area contributed by atoms with Gasteiger partial charge in [0.25, 0.3) is 0 Å². The Kier molecular flexibility index (Phi) is 5.63. The molecule has 0 amide bonds. The molecule has 0 aliphatic carbocycles. The topological polar surface area (TPSA) is 60.4 Å². The maximum Gasteiger partial charge on any atom is 0.204 e. The second-order valence-electron chi connectivity index (χ2n) is 15.1. The first-order chi connectivity index (χ1) is 27.5. The molecule has 0 fully saturated rings. The summed E-state index contributed by atoms with van der Waals surface area (Å²) in [6.45, 7) is 0. The van der Waals surface area contributed by atoms with Gasteiger partial charge in [0.05, 0.1) is 16.2 Å². The van der Waals surface area contributed by atoms with Gasteiger partial charge in [0, 0.05) is 0 Å². The molecule has 4 heteroatoms. The van der Waals surface area contributed by atoms with Gasteiger partial charge in [-0.3, -0.25) is 9.59 Å². The van der Waals surface area contributed by atoms with Crippen LogP contribution in [0, 0.1) is 0 Å². The van der Waals surface area contributed by atoms with E-state index in [1.165, 1.54) is 43.1 Å². The fraction of sp³-hybridized carbons (Fsp3) is 0.